The van der Waals surface area contributed by atoms with Crippen molar-refractivity contribution in [3.8, 4) is 0 Å². The molecule has 1 aliphatic carbocycles. The molecular weight excluding hydrogens is 332 g/mol. The third-order valence-electron chi connectivity index (χ3n) is 4.14. The number of rotatable bonds is 5. The van der Waals surface area contributed by atoms with Gasteiger partial charge >= 0.3 is 0 Å². The zero-order valence-electron chi connectivity index (χ0n) is 11.7. The van der Waals surface area contributed by atoms with E-state index in [0.717, 1.165) is 30.0 Å². The molecule has 3 rings (SSSR count). The van der Waals surface area contributed by atoms with Crippen molar-refractivity contribution in [2.75, 3.05) is 11.9 Å². The monoisotopic (exact) mass is 352 g/mol. The Labute approximate surface area is 133 Å². The van der Waals surface area contributed by atoms with Gasteiger partial charge in [0.1, 0.15) is 5.01 Å². The minimum absolute atomic E-state index is 0.758. The SMILES string of the molecule is BrCCN(Cc1nc2ccccc2s1)C1CCCCC1. The second-order valence-electron chi connectivity index (χ2n) is 5.53. The van der Waals surface area contributed by atoms with Gasteiger partial charge in [-0.05, 0) is 25.0 Å². The van der Waals surface area contributed by atoms with Crippen LogP contribution >= 0.6 is 27.3 Å². The van der Waals surface area contributed by atoms with E-state index in [0.29, 0.717) is 0 Å². The van der Waals surface area contributed by atoms with Gasteiger partial charge in [0.15, 0.2) is 0 Å². The molecule has 20 heavy (non-hydrogen) atoms. The molecule has 0 spiro atoms. The molecule has 2 aromatic rings. The summed E-state index contributed by atoms with van der Waals surface area (Å²) >= 11 is 5.45. The Morgan fingerprint density at radius 2 is 2.00 bits per heavy atom. The van der Waals surface area contributed by atoms with Crippen LogP contribution in [0.1, 0.15) is 37.1 Å². The maximum atomic E-state index is 4.79. The van der Waals surface area contributed by atoms with Crippen molar-refractivity contribution in [1.29, 1.82) is 0 Å². The van der Waals surface area contributed by atoms with Gasteiger partial charge in [0.2, 0.25) is 0 Å². The number of hydrogen-bond donors (Lipinski definition) is 0. The molecule has 0 aliphatic heterocycles. The van der Waals surface area contributed by atoms with Gasteiger partial charge in [-0.25, -0.2) is 4.98 Å². The highest BCUT2D eigenvalue weighted by molar-refractivity contribution is 9.09. The van der Waals surface area contributed by atoms with Gasteiger partial charge in [-0.1, -0.05) is 47.3 Å². The summed E-state index contributed by atoms with van der Waals surface area (Å²) in [6.07, 6.45) is 6.92. The van der Waals surface area contributed by atoms with Gasteiger partial charge in [-0.2, -0.15) is 0 Å². The van der Waals surface area contributed by atoms with Crippen LogP contribution in [0.5, 0.6) is 0 Å². The smallest absolute Gasteiger partial charge is 0.108 e. The Hall–Kier alpha value is -0.450. The van der Waals surface area contributed by atoms with Crippen LogP contribution in [0.25, 0.3) is 10.2 Å². The molecule has 1 fully saturated rings. The second kappa shape index (κ2) is 7.01. The van der Waals surface area contributed by atoms with E-state index in [1.54, 1.807) is 0 Å². The minimum Gasteiger partial charge on any atom is -0.293 e. The normalized spacial score (nSPS) is 17.1. The van der Waals surface area contributed by atoms with Crippen molar-refractivity contribution in [3.63, 3.8) is 0 Å². The largest absolute Gasteiger partial charge is 0.293 e. The third kappa shape index (κ3) is 3.41. The molecule has 4 heteroatoms. The van der Waals surface area contributed by atoms with Crippen molar-refractivity contribution in [2.24, 2.45) is 0 Å². The van der Waals surface area contributed by atoms with E-state index >= 15 is 0 Å². The summed E-state index contributed by atoms with van der Waals surface area (Å²) in [5.74, 6) is 0. The molecule has 0 bridgehead atoms. The molecule has 0 atom stereocenters. The summed E-state index contributed by atoms with van der Waals surface area (Å²) in [4.78, 5) is 7.42. The number of halogens is 1. The lowest BCUT2D eigenvalue weighted by Crippen LogP contribution is -2.37. The number of nitrogens with zero attached hydrogens (tertiary/aromatic N) is 2. The predicted molar refractivity (Wildman–Crippen MR) is 90.7 cm³/mol. The molecule has 1 saturated carbocycles. The molecule has 0 unspecified atom stereocenters. The fourth-order valence-corrected chi connectivity index (χ4v) is 4.56. The maximum Gasteiger partial charge on any atom is 0.108 e. The fraction of sp³-hybridized carbons (Fsp3) is 0.562. The summed E-state index contributed by atoms with van der Waals surface area (Å²) in [7, 11) is 0. The highest BCUT2D eigenvalue weighted by Crippen LogP contribution is 2.27. The molecule has 0 amide bonds. The van der Waals surface area contributed by atoms with Crippen LogP contribution in [0, 0.1) is 0 Å². The number of thiazole rings is 1. The molecule has 108 valence electrons. The van der Waals surface area contributed by atoms with E-state index in [-0.39, 0.29) is 0 Å². The number of fused-ring (bicyclic) bond motifs is 1. The minimum atomic E-state index is 0.758. The van der Waals surface area contributed by atoms with Crippen LogP contribution in [0.4, 0.5) is 0 Å². The van der Waals surface area contributed by atoms with E-state index < -0.39 is 0 Å². The summed E-state index contributed by atoms with van der Waals surface area (Å²) in [6, 6.07) is 9.22. The van der Waals surface area contributed by atoms with Gasteiger partial charge in [0, 0.05) is 17.9 Å². The molecule has 2 nitrogen and oxygen atoms in total. The second-order valence-corrected chi connectivity index (χ2v) is 7.43. The van der Waals surface area contributed by atoms with Gasteiger partial charge < -0.3 is 0 Å². The number of para-hydroxylation sites is 1. The lowest BCUT2D eigenvalue weighted by Gasteiger charge is -2.33. The summed E-state index contributed by atoms with van der Waals surface area (Å²) in [6.45, 7) is 2.14. The Morgan fingerprint density at radius 1 is 1.20 bits per heavy atom. The topological polar surface area (TPSA) is 16.1 Å². The number of benzene rings is 1. The van der Waals surface area contributed by atoms with Crippen LogP contribution in [0.15, 0.2) is 24.3 Å². The lowest BCUT2D eigenvalue weighted by atomic mass is 9.94. The van der Waals surface area contributed by atoms with Crippen LogP contribution in [-0.2, 0) is 6.54 Å². The fourth-order valence-electron chi connectivity index (χ4n) is 3.11. The van der Waals surface area contributed by atoms with Crippen molar-refractivity contribution in [1.82, 2.24) is 9.88 Å². The average molecular weight is 353 g/mol. The summed E-state index contributed by atoms with van der Waals surface area (Å²) in [5, 5.41) is 2.31. The Kier molecular flexibility index (Phi) is 5.08. The first-order valence-corrected chi connectivity index (χ1v) is 9.45. The molecule has 0 saturated heterocycles. The first kappa shape index (κ1) is 14.5. The predicted octanol–water partition coefficient (Wildman–Crippen LogP) is 4.83. The third-order valence-corrected chi connectivity index (χ3v) is 5.52. The molecule has 1 heterocycles. The lowest BCUT2D eigenvalue weighted by molar-refractivity contribution is 0.158. The number of alkyl halides is 1. The van der Waals surface area contributed by atoms with Crippen molar-refractivity contribution >= 4 is 37.5 Å². The zero-order valence-corrected chi connectivity index (χ0v) is 14.1. The summed E-state index contributed by atoms with van der Waals surface area (Å²) in [5.41, 5.74) is 1.15. The zero-order chi connectivity index (χ0) is 13.8. The number of aromatic nitrogens is 1. The van der Waals surface area contributed by atoms with Crippen LogP contribution in [0.2, 0.25) is 0 Å². The van der Waals surface area contributed by atoms with E-state index in [9.17, 15) is 0 Å². The van der Waals surface area contributed by atoms with E-state index in [2.05, 4.69) is 45.1 Å². The van der Waals surface area contributed by atoms with Gasteiger partial charge in [-0.15, -0.1) is 11.3 Å². The first-order valence-electron chi connectivity index (χ1n) is 7.51. The molecule has 0 radical (unpaired) electrons. The van der Waals surface area contributed by atoms with E-state index in [1.165, 1.54) is 41.8 Å². The standard InChI is InChI=1S/C16H21BrN2S/c17-10-11-19(13-6-2-1-3-7-13)12-16-18-14-8-4-5-9-15(14)20-16/h4-5,8-9,13H,1-3,6-7,10-12H2. The first-order chi connectivity index (χ1) is 9.86. The summed E-state index contributed by atoms with van der Waals surface area (Å²) < 4.78 is 1.31. The van der Waals surface area contributed by atoms with E-state index in [4.69, 9.17) is 4.98 Å². The van der Waals surface area contributed by atoms with Crippen LogP contribution in [0.3, 0.4) is 0 Å². The molecular formula is C16H21BrN2S. The Morgan fingerprint density at radius 3 is 2.75 bits per heavy atom. The van der Waals surface area contributed by atoms with Crippen LogP contribution < -0.4 is 0 Å². The van der Waals surface area contributed by atoms with Crippen molar-refractivity contribution in [2.45, 2.75) is 44.7 Å². The van der Waals surface area contributed by atoms with Crippen LogP contribution in [-0.4, -0.2) is 27.8 Å². The van der Waals surface area contributed by atoms with Crippen molar-refractivity contribution in [3.05, 3.63) is 29.3 Å². The highest BCUT2D eigenvalue weighted by atomic mass is 79.9. The molecule has 0 N–H and O–H groups in total. The molecule has 1 aromatic carbocycles. The number of hydrogen-bond acceptors (Lipinski definition) is 3. The van der Waals surface area contributed by atoms with E-state index in [1.807, 2.05) is 11.3 Å². The quantitative estimate of drug-likeness (QED) is 0.716. The average Bonchev–Trinajstić information content (AvgIpc) is 2.90. The Balaban J connectivity index is 1.74. The maximum absolute atomic E-state index is 4.79. The highest BCUT2D eigenvalue weighted by Gasteiger charge is 2.21. The van der Waals surface area contributed by atoms with Gasteiger partial charge in [0.05, 0.1) is 16.8 Å². The molecule has 1 aromatic heterocycles. The Bertz CT molecular complexity index is 515. The molecule has 1 aliphatic rings. The van der Waals surface area contributed by atoms with Gasteiger partial charge in [0.25, 0.3) is 0 Å². The van der Waals surface area contributed by atoms with Gasteiger partial charge in [-0.3, -0.25) is 4.90 Å². The van der Waals surface area contributed by atoms with Crippen molar-refractivity contribution < 1.29 is 0 Å².